The van der Waals surface area contributed by atoms with Crippen LogP contribution in [0.2, 0.25) is 0 Å². The van der Waals surface area contributed by atoms with Gasteiger partial charge in [-0.1, -0.05) is 18.2 Å². The van der Waals surface area contributed by atoms with Gasteiger partial charge >= 0.3 is 0 Å². The van der Waals surface area contributed by atoms with Crippen LogP contribution in [0.1, 0.15) is 15.9 Å². The van der Waals surface area contributed by atoms with Gasteiger partial charge in [-0.25, -0.2) is 0 Å². The summed E-state index contributed by atoms with van der Waals surface area (Å²) in [6, 6.07) is 16.0. The second-order valence-electron chi connectivity index (χ2n) is 6.23. The van der Waals surface area contributed by atoms with E-state index < -0.39 is 0 Å². The van der Waals surface area contributed by atoms with Crippen molar-refractivity contribution in [3.8, 4) is 0 Å². The Labute approximate surface area is 142 Å². The van der Waals surface area contributed by atoms with Gasteiger partial charge in [0.15, 0.2) is 0 Å². The fourth-order valence-corrected chi connectivity index (χ4v) is 2.95. The van der Waals surface area contributed by atoms with E-state index in [-0.39, 0.29) is 5.91 Å². The lowest BCUT2D eigenvalue weighted by molar-refractivity contribution is 0.0954. The largest absolute Gasteiger partial charge is 0.378 e. The minimum absolute atomic E-state index is 0.0273. The lowest BCUT2D eigenvalue weighted by Gasteiger charge is -2.12. The Balaban J connectivity index is 1.62. The highest BCUT2D eigenvalue weighted by Crippen LogP contribution is 2.20. The summed E-state index contributed by atoms with van der Waals surface area (Å²) in [5.41, 5.74) is 4.26. The maximum absolute atomic E-state index is 12.3. The van der Waals surface area contributed by atoms with Crippen LogP contribution >= 0.6 is 0 Å². The predicted octanol–water partition coefficient (Wildman–Crippen LogP) is 3.22. The summed E-state index contributed by atoms with van der Waals surface area (Å²) < 4.78 is 2.13. The van der Waals surface area contributed by atoms with Crippen LogP contribution < -0.4 is 10.2 Å². The van der Waals surface area contributed by atoms with Crippen molar-refractivity contribution in [2.24, 2.45) is 7.05 Å². The van der Waals surface area contributed by atoms with Crippen LogP contribution in [0.15, 0.2) is 54.7 Å². The number of hydrogen-bond acceptors (Lipinski definition) is 2. The molecule has 0 saturated heterocycles. The number of fused-ring (bicyclic) bond motifs is 1. The number of para-hydroxylation sites is 1. The molecule has 0 atom stereocenters. The summed E-state index contributed by atoms with van der Waals surface area (Å²) in [7, 11) is 6.02. The summed E-state index contributed by atoms with van der Waals surface area (Å²) in [5.74, 6) is -0.0273. The van der Waals surface area contributed by atoms with Gasteiger partial charge in [0.25, 0.3) is 5.91 Å². The molecule has 0 radical (unpaired) electrons. The zero-order chi connectivity index (χ0) is 17.1. The first-order valence-corrected chi connectivity index (χ1v) is 8.15. The molecule has 0 saturated carbocycles. The van der Waals surface area contributed by atoms with Gasteiger partial charge in [-0.2, -0.15) is 0 Å². The lowest BCUT2D eigenvalue weighted by Crippen LogP contribution is -2.25. The van der Waals surface area contributed by atoms with Gasteiger partial charge < -0.3 is 14.8 Å². The van der Waals surface area contributed by atoms with Crippen molar-refractivity contribution < 1.29 is 4.79 Å². The third-order valence-electron chi connectivity index (χ3n) is 4.31. The van der Waals surface area contributed by atoms with Crippen LogP contribution in [0.4, 0.5) is 5.69 Å². The van der Waals surface area contributed by atoms with Crippen molar-refractivity contribution in [1.29, 1.82) is 0 Å². The number of benzene rings is 2. The minimum Gasteiger partial charge on any atom is -0.378 e. The van der Waals surface area contributed by atoms with Gasteiger partial charge in [0.2, 0.25) is 0 Å². The lowest BCUT2D eigenvalue weighted by atomic mass is 10.1. The van der Waals surface area contributed by atoms with Crippen molar-refractivity contribution in [3.05, 3.63) is 65.9 Å². The van der Waals surface area contributed by atoms with Gasteiger partial charge in [0.05, 0.1) is 0 Å². The van der Waals surface area contributed by atoms with Crippen molar-refractivity contribution in [2.75, 3.05) is 25.5 Å². The van der Waals surface area contributed by atoms with E-state index >= 15 is 0 Å². The molecule has 24 heavy (non-hydrogen) atoms. The maximum Gasteiger partial charge on any atom is 0.251 e. The molecule has 4 heteroatoms. The van der Waals surface area contributed by atoms with Gasteiger partial charge in [-0.3, -0.25) is 4.79 Å². The van der Waals surface area contributed by atoms with E-state index in [9.17, 15) is 4.79 Å². The van der Waals surface area contributed by atoms with Gasteiger partial charge in [0, 0.05) is 56.0 Å². The molecule has 0 fully saturated rings. The zero-order valence-corrected chi connectivity index (χ0v) is 14.4. The molecular formula is C20H23N3O. The van der Waals surface area contributed by atoms with E-state index in [1.165, 1.54) is 16.5 Å². The van der Waals surface area contributed by atoms with Gasteiger partial charge in [-0.15, -0.1) is 0 Å². The predicted molar refractivity (Wildman–Crippen MR) is 99.7 cm³/mol. The topological polar surface area (TPSA) is 37.3 Å². The third-order valence-corrected chi connectivity index (χ3v) is 4.31. The molecule has 0 bridgehead atoms. The molecule has 0 unspecified atom stereocenters. The Bertz CT molecular complexity index is 847. The Hall–Kier alpha value is -2.75. The van der Waals surface area contributed by atoms with Crippen LogP contribution in [0.3, 0.4) is 0 Å². The van der Waals surface area contributed by atoms with Crippen molar-refractivity contribution in [2.45, 2.75) is 6.42 Å². The number of nitrogens with zero attached hydrogens (tertiary/aromatic N) is 2. The molecule has 0 aliphatic heterocycles. The normalized spacial score (nSPS) is 10.8. The molecule has 124 valence electrons. The van der Waals surface area contributed by atoms with E-state index in [0.717, 1.165) is 12.1 Å². The van der Waals surface area contributed by atoms with E-state index in [4.69, 9.17) is 0 Å². The highest BCUT2D eigenvalue weighted by molar-refractivity contribution is 5.94. The first-order chi connectivity index (χ1) is 11.6. The quantitative estimate of drug-likeness (QED) is 0.783. The highest BCUT2D eigenvalue weighted by Gasteiger charge is 2.08. The molecule has 0 aliphatic rings. The monoisotopic (exact) mass is 321 g/mol. The van der Waals surface area contributed by atoms with E-state index in [0.29, 0.717) is 12.1 Å². The van der Waals surface area contributed by atoms with Crippen molar-refractivity contribution >= 4 is 22.5 Å². The molecule has 0 aliphatic carbocycles. The van der Waals surface area contributed by atoms with Crippen LogP contribution in [0.25, 0.3) is 10.9 Å². The van der Waals surface area contributed by atoms with E-state index in [1.807, 2.05) is 49.3 Å². The average molecular weight is 321 g/mol. The molecule has 3 aromatic rings. The Morgan fingerprint density at radius 2 is 1.79 bits per heavy atom. The molecule has 3 rings (SSSR count). The van der Waals surface area contributed by atoms with Crippen LogP contribution in [0.5, 0.6) is 0 Å². The molecule has 1 N–H and O–H groups in total. The summed E-state index contributed by atoms with van der Waals surface area (Å²) in [5, 5.41) is 4.26. The summed E-state index contributed by atoms with van der Waals surface area (Å²) in [6.45, 7) is 0.627. The first-order valence-electron chi connectivity index (χ1n) is 8.15. The minimum atomic E-state index is -0.0273. The number of carbonyl (C=O) groups is 1. The van der Waals surface area contributed by atoms with Gasteiger partial charge in [0.1, 0.15) is 0 Å². The highest BCUT2D eigenvalue weighted by atomic mass is 16.1. The number of aromatic nitrogens is 1. The van der Waals surface area contributed by atoms with Crippen LogP contribution in [-0.4, -0.2) is 31.1 Å². The SMILES string of the molecule is CN(C)c1ccc(C(=O)NCCc2cn(C)c3ccccc23)cc1. The van der Waals surface area contributed by atoms with E-state index in [1.54, 1.807) is 0 Å². The maximum atomic E-state index is 12.3. The number of aryl methyl sites for hydroxylation is 1. The Morgan fingerprint density at radius 3 is 2.50 bits per heavy atom. The number of carbonyl (C=O) groups excluding carboxylic acids is 1. The number of rotatable bonds is 5. The first kappa shape index (κ1) is 16.1. The molecule has 2 aromatic carbocycles. The fraction of sp³-hybridized carbons (Fsp3) is 0.250. The Morgan fingerprint density at radius 1 is 1.08 bits per heavy atom. The summed E-state index contributed by atoms with van der Waals surface area (Å²) in [6.07, 6.45) is 2.96. The summed E-state index contributed by atoms with van der Waals surface area (Å²) in [4.78, 5) is 14.3. The molecule has 1 amide bonds. The fourth-order valence-electron chi connectivity index (χ4n) is 2.95. The zero-order valence-electron chi connectivity index (χ0n) is 14.4. The smallest absolute Gasteiger partial charge is 0.251 e. The van der Waals surface area contributed by atoms with E-state index in [2.05, 4.69) is 41.3 Å². The second-order valence-corrected chi connectivity index (χ2v) is 6.23. The average Bonchev–Trinajstić information content (AvgIpc) is 2.91. The molecule has 4 nitrogen and oxygen atoms in total. The van der Waals surface area contributed by atoms with Crippen molar-refractivity contribution in [1.82, 2.24) is 9.88 Å². The number of amides is 1. The Kier molecular flexibility index (Phi) is 4.56. The standard InChI is InChI=1S/C20H23N3O/c1-22(2)17-10-8-15(9-11-17)20(24)21-13-12-16-14-23(3)19-7-5-4-6-18(16)19/h4-11,14H,12-13H2,1-3H3,(H,21,24). The molecule has 1 heterocycles. The molecular weight excluding hydrogens is 298 g/mol. The van der Waals surface area contributed by atoms with Crippen LogP contribution in [0, 0.1) is 0 Å². The molecule has 0 spiro atoms. The van der Waals surface area contributed by atoms with Crippen LogP contribution in [-0.2, 0) is 13.5 Å². The third kappa shape index (κ3) is 3.27. The summed E-state index contributed by atoms with van der Waals surface area (Å²) >= 11 is 0. The van der Waals surface area contributed by atoms with Gasteiger partial charge in [-0.05, 0) is 42.3 Å². The van der Waals surface area contributed by atoms with Crippen molar-refractivity contribution in [3.63, 3.8) is 0 Å². The number of anilines is 1. The number of nitrogens with one attached hydrogen (secondary N) is 1. The number of hydrogen-bond donors (Lipinski definition) is 1. The molecule has 1 aromatic heterocycles. The second kappa shape index (κ2) is 6.79.